The number of nitrogens with zero attached hydrogens (tertiary/aromatic N) is 1. The van der Waals surface area contributed by atoms with Crippen LogP contribution in [0.3, 0.4) is 0 Å². The highest BCUT2D eigenvalue weighted by Crippen LogP contribution is 2.30. The van der Waals surface area contributed by atoms with Crippen molar-refractivity contribution in [3.63, 3.8) is 0 Å². The second-order valence-corrected chi connectivity index (χ2v) is 5.58. The number of carbonyl (C=O) groups excluding carboxylic acids is 2. The lowest BCUT2D eigenvalue weighted by atomic mass is 10.1. The minimum Gasteiger partial charge on any atom is -0.452 e. The summed E-state index contributed by atoms with van der Waals surface area (Å²) in [5.74, 6) is -1.38. The van der Waals surface area contributed by atoms with E-state index >= 15 is 0 Å². The third-order valence-corrected chi connectivity index (χ3v) is 3.94. The number of rotatable bonds is 3. The quantitative estimate of drug-likeness (QED) is 0.798. The van der Waals surface area contributed by atoms with Gasteiger partial charge in [-0.3, -0.25) is 4.79 Å². The maximum atomic E-state index is 12.7. The number of esters is 1. The Morgan fingerprint density at radius 1 is 1.08 bits per heavy atom. The van der Waals surface area contributed by atoms with E-state index in [2.05, 4.69) is 0 Å². The molecule has 1 heterocycles. The molecule has 0 aromatic heterocycles. The van der Waals surface area contributed by atoms with Crippen LogP contribution in [0.4, 0.5) is 18.9 Å². The summed E-state index contributed by atoms with van der Waals surface area (Å²) in [4.78, 5) is 25.7. The molecule has 0 fully saturated rings. The van der Waals surface area contributed by atoms with Crippen molar-refractivity contribution in [2.24, 2.45) is 0 Å². The zero-order valence-electron chi connectivity index (χ0n) is 13.0. The summed E-state index contributed by atoms with van der Waals surface area (Å²) >= 11 is 0. The molecule has 1 amide bonds. The zero-order chi connectivity index (χ0) is 18.0. The van der Waals surface area contributed by atoms with Crippen molar-refractivity contribution >= 4 is 17.6 Å². The predicted molar refractivity (Wildman–Crippen MR) is 84.2 cm³/mol. The molecule has 0 N–H and O–H groups in total. The molecule has 0 saturated carbocycles. The zero-order valence-corrected chi connectivity index (χ0v) is 13.0. The lowest BCUT2D eigenvalue weighted by molar-refractivity contribution is -0.137. The lowest BCUT2D eigenvalue weighted by Gasteiger charge is -2.17. The number of carbonyl (C=O) groups is 2. The van der Waals surface area contributed by atoms with Crippen LogP contribution in [0.25, 0.3) is 0 Å². The molecular formula is C18H14F3NO3. The number of amides is 1. The highest BCUT2D eigenvalue weighted by Gasteiger charge is 2.31. The first-order valence-electron chi connectivity index (χ1n) is 7.59. The minimum atomic E-state index is -4.55. The van der Waals surface area contributed by atoms with Gasteiger partial charge in [-0.2, -0.15) is 13.2 Å². The Bertz CT molecular complexity index is 817. The van der Waals surface area contributed by atoms with Crippen molar-refractivity contribution in [1.29, 1.82) is 0 Å². The van der Waals surface area contributed by atoms with Crippen LogP contribution in [0.5, 0.6) is 0 Å². The summed E-state index contributed by atoms with van der Waals surface area (Å²) in [6.45, 7) is -0.0390. The Balaban J connectivity index is 1.64. The second kappa shape index (κ2) is 6.58. The molecule has 25 heavy (non-hydrogen) atoms. The number of hydrogen-bond acceptors (Lipinski definition) is 3. The molecule has 7 heteroatoms. The lowest BCUT2D eigenvalue weighted by Crippen LogP contribution is -2.33. The van der Waals surface area contributed by atoms with Crippen LogP contribution in [0.15, 0.2) is 48.5 Å². The van der Waals surface area contributed by atoms with E-state index in [1.165, 1.54) is 11.0 Å². The van der Waals surface area contributed by atoms with Gasteiger partial charge in [0.2, 0.25) is 0 Å². The summed E-state index contributed by atoms with van der Waals surface area (Å²) in [5.41, 5.74) is 0.605. The van der Waals surface area contributed by atoms with E-state index in [-0.39, 0.29) is 5.56 Å². The first kappa shape index (κ1) is 17.0. The summed E-state index contributed by atoms with van der Waals surface area (Å²) in [5, 5.41) is 0. The first-order chi connectivity index (χ1) is 11.9. The van der Waals surface area contributed by atoms with E-state index in [0.29, 0.717) is 19.0 Å². The van der Waals surface area contributed by atoms with Crippen molar-refractivity contribution < 1.29 is 27.5 Å². The Kier molecular flexibility index (Phi) is 4.48. The number of halogens is 3. The van der Waals surface area contributed by atoms with Crippen LogP contribution >= 0.6 is 0 Å². The number of fused-ring (bicyclic) bond motifs is 1. The molecule has 130 valence electrons. The molecule has 2 aromatic carbocycles. The largest absolute Gasteiger partial charge is 0.452 e. The highest BCUT2D eigenvalue weighted by molar-refractivity contribution is 5.98. The monoisotopic (exact) mass is 349 g/mol. The molecular weight excluding hydrogens is 335 g/mol. The molecule has 1 aliphatic rings. The molecule has 4 nitrogen and oxygen atoms in total. The Hall–Kier alpha value is -2.83. The van der Waals surface area contributed by atoms with Crippen LogP contribution < -0.4 is 4.90 Å². The fraction of sp³-hybridized carbons (Fsp3) is 0.222. The van der Waals surface area contributed by atoms with Gasteiger partial charge in [-0.15, -0.1) is 0 Å². The number of hydrogen-bond donors (Lipinski definition) is 0. The van der Waals surface area contributed by atoms with Crippen molar-refractivity contribution in [1.82, 2.24) is 0 Å². The molecule has 0 aliphatic carbocycles. The van der Waals surface area contributed by atoms with Crippen LogP contribution in [-0.2, 0) is 22.1 Å². The van der Waals surface area contributed by atoms with Gasteiger partial charge < -0.3 is 9.64 Å². The number of alkyl halides is 3. The van der Waals surface area contributed by atoms with Gasteiger partial charge in [-0.1, -0.05) is 24.3 Å². The Labute approximate surface area is 141 Å². The molecule has 0 atom stereocenters. The van der Waals surface area contributed by atoms with Gasteiger partial charge in [0.15, 0.2) is 6.61 Å². The third kappa shape index (κ3) is 3.65. The SMILES string of the molecule is O=C(OCC(=O)N1CCc2ccccc21)c1cccc(C(F)(F)F)c1. The maximum absolute atomic E-state index is 12.7. The number of ether oxygens (including phenoxy) is 1. The van der Waals surface area contributed by atoms with Gasteiger partial charge in [0.25, 0.3) is 5.91 Å². The van der Waals surface area contributed by atoms with Crippen LogP contribution in [-0.4, -0.2) is 25.0 Å². The van der Waals surface area contributed by atoms with Gasteiger partial charge in [0, 0.05) is 12.2 Å². The Morgan fingerprint density at radius 2 is 1.84 bits per heavy atom. The molecule has 0 unspecified atom stereocenters. The maximum Gasteiger partial charge on any atom is 0.416 e. The third-order valence-electron chi connectivity index (χ3n) is 3.94. The van der Waals surface area contributed by atoms with Gasteiger partial charge in [-0.05, 0) is 36.2 Å². The van der Waals surface area contributed by atoms with Crippen molar-refractivity contribution in [2.45, 2.75) is 12.6 Å². The van der Waals surface area contributed by atoms with E-state index in [1.807, 2.05) is 12.1 Å². The topological polar surface area (TPSA) is 46.6 Å². The van der Waals surface area contributed by atoms with Crippen LogP contribution in [0, 0.1) is 0 Å². The fourth-order valence-corrected chi connectivity index (χ4v) is 2.71. The molecule has 0 saturated heterocycles. The first-order valence-corrected chi connectivity index (χ1v) is 7.59. The van der Waals surface area contributed by atoms with E-state index in [1.54, 1.807) is 12.1 Å². The molecule has 3 rings (SSSR count). The average Bonchev–Trinajstić information content (AvgIpc) is 3.03. The van der Waals surface area contributed by atoms with Gasteiger partial charge in [0.1, 0.15) is 0 Å². The van der Waals surface area contributed by atoms with Gasteiger partial charge in [-0.25, -0.2) is 4.79 Å². The van der Waals surface area contributed by atoms with Gasteiger partial charge in [0.05, 0.1) is 11.1 Å². The number of anilines is 1. The molecule has 0 spiro atoms. The second-order valence-electron chi connectivity index (χ2n) is 5.58. The summed E-state index contributed by atoms with van der Waals surface area (Å²) in [6, 6.07) is 11.3. The van der Waals surface area contributed by atoms with Crippen molar-refractivity contribution in [3.05, 3.63) is 65.2 Å². The predicted octanol–water partition coefficient (Wildman–Crippen LogP) is 3.45. The molecule has 1 aliphatic heterocycles. The van der Waals surface area contributed by atoms with Gasteiger partial charge >= 0.3 is 12.1 Å². The van der Waals surface area contributed by atoms with E-state index < -0.39 is 30.2 Å². The average molecular weight is 349 g/mol. The van der Waals surface area contributed by atoms with E-state index in [4.69, 9.17) is 4.74 Å². The molecule has 2 aromatic rings. The number of benzene rings is 2. The van der Waals surface area contributed by atoms with Crippen molar-refractivity contribution in [3.8, 4) is 0 Å². The standard InChI is InChI=1S/C18H14F3NO3/c19-18(20,21)14-6-3-5-13(10-14)17(24)25-11-16(23)22-9-8-12-4-1-2-7-15(12)22/h1-7,10H,8-9,11H2. The fourth-order valence-electron chi connectivity index (χ4n) is 2.71. The smallest absolute Gasteiger partial charge is 0.416 e. The highest BCUT2D eigenvalue weighted by atomic mass is 19.4. The Morgan fingerprint density at radius 3 is 2.60 bits per heavy atom. The molecule has 0 bridgehead atoms. The summed E-state index contributed by atoms with van der Waals surface area (Å²) in [7, 11) is 0. The summed E-state index contributed by atoms with van der Waals surface area (Å²) < 4.78 is 42.9. The van der Waals surface area contributed by atoms with Crippen LogP contribution in [0.2, 0.25) is 0 Å². The normalized spacial score (nSPS) is 13.5. The van der Waals surface area contributed by atoms with E-state index in [0.717, 1.165) is 23.4 Å². The molecule has 0 radical (unpaired) electrons. The minimum absolute atomic E-state index is 0.246. The number of para-hydroxylation sites is 1. The van der Waals surface area contributed by atoms with Crippen molar-refractivity contribution in [2.75, 3.05) is 18.1 Å². The van der Waals surface area contributed by atoms with Crippen LogP contribution in [0.1, 0.15) is 21.5 Å². The van der Waals surface area contributed by atoms with E-state index in [9.17, 15) is 22.8 Å². The summed E-state index contributed by atoms with van der Waals surface area (Å²) in [6.07, 6.45) is -3.84.